The summed E-state index contributed by atoms with van der Waals surface area (Å²) in [5.74, 6) is 0.682. The summed E-state index contributed by atoms with van der Waals surface area (Å²) in [5.41, 5.74) is 4.81. The van der Waals surface area contributed by atoms with Crippen molar-refractivity contribution in [3.05, 3.63) is 29.6 Å². The lowest BCUT2D eigenvalue weighted by atomic mass is 10.1. The molecule has 0 spiro atoms. The van der Waals surface area contributed by atoms with Gasteiger partial charge in [-0.2, -0.15) is 0 Å². The van der Waals surface area contributed by atoms with Gasteiger partial charge in [-0.3, -0.25) is 4.98 Å². The molecule has 154 valence electrons. The van der Waals surface area contributed by atoms with Gasteiger partial charge in [-0.25, -0.2) is 4.99 Å². The SMILES string of the molecule is C=C(c1cc(N=CN(C)CC)c(C)nc1C)N(C)C.CCCOCC(C)C. The number of ether oxygens (including phenoxy) is 1. The van der Waals surface area contributed by atoms with Gasteiger partial charge >= 0.3 is 0 Å². The Morgan fingerprint density at radius 3 is 2.33 bits per heavy atom. The van der Waals surface area contributed by atoms with E-state index in [1.54, 1.807) is 0 Å². The smallest absolute Gasteiger partial charge is 0.0910 e. The van der Waals surface area contributed by atoms with Crippen molar-refractivity contribution in [3.8, 4) is 0 Å². The van der Waals surface area contributed by atoms with E-state index in [9.17, 15) is 0 Å². The summed E-state index contributed by atoms with van der Waals surface area (Å²) in [7, 11) is 5.96. The van der Waals surface area contributed by atoms with Crippen LogP contribution in [0.5, 0.6) is 0 Å². The van der Waals surface area contributed by atoms with Crippen LogP contribution in [0.25, 0.3) is 5.70 Å². The highest BCUT2D eigenvalue weighted by Crippen LogP contribution is 2.25. The summed E-state index contributed by atoms with van der Waals surface area (Å²) in [6.07, 6.45) is 2.97. The maximum Gasteiger partial charge on any atom is 0.0910 e. The van der Waals surface area contributed by atoms with Crippen LogP contribution in [0.15, 0.2) is 17.6 Å². The van der Waals surface area contributed by atoms with E-state index >= 15 is 0 Å². The number of pyridine rings is 1. The van der Waals surface area contributed by atoms with Gasteiger partial charge in [-0.15, -0.1) is 0 Å². The number of nitrogens with zero attached hydrogens (tertiary/aromatic N) is 4. The average Bonchev–Trinajstić information content (AvgIpc) is 2.60. The molecule has 1 aromatic rings. The van der Waals surface area contributed by atoms with Crippen molar-refractivity contribution in [3.63, 3.8) is 0 Å². The van der Waals surface area contributed by atoms with Crippen LogP contribution in [0.3, 0.4) is 0 Å². The first-order chi connectivity index (χ1) is 12.6. The zero-order chi connectivity index (χ0) is 21.0. The molecular weight excluding hydrogens is 336 g/mol. The Morgan fingerprint density at radius 1 is 1.22 bits per heavy atom. The standard InChI is InChI=1S/C15H24N4.C7H16O/c1-8-19(7)10-16-15-9-14(13(4)18(5)6)11(2)17-12(15)3;1-4-5-8-6-7(2)3/h9-10H,4,8H2,1-3,5-7H3;7H,4-6H2,1-3H3. The molecule has 1 rings (SSSR count). The molecule has 1 aromatic heterocycles. The highest BCUT2D eigenvalue weighted by atomic mass is 16.5. The Morgan fingerprint density at radius 2 is 1.85 bits per heavy atom. The van der Waals surface area contributed by atoms with Gasteiger partial charge in [-0.05, 0) is 39.2 Å². The second-order valence-electron chi connectivity index (χ2n) is 7.35. The molecular formula is C22H40N4O. The van der Waals surface area contributed by atoms with Crippen LogP contribution >= 0.6 is 0 Å². The van der Waals surface area contributed by atoms with Crippen molar-refractivity contribution in [2.24, 2.45) is 10.9 Å². The fourth-order valence-electron chi connectivity index (χ4n) is 2.08. The van der Waals surface area contributed by atoms with E-state index in [-0.39, 0.29) is 0 Å². The van der Waals surface area contributed by atoms with E-state index in [0.29, 0.717) is 5.92 Å². The zero-order valence-electron chi connectivity index (χ0n) is 19.0. The van der Waals surface area contributed by atoms with Gasteiger partial charge < -0.3 is 14.5 Å². The van der Waals surface area contributed by atoms with Crippen LogP contribution in [0, 0.1) is 19.8 Å². The van der Waals surface area contributed by atoms with Crippen LogP contribution in [0.1, 0.15) is 51.1 Å². The van der Waals surface area contributed by atoms with Gasteiger partial charge in [0.1, 0.15) is 0 Å². The highest BCUT2D eigenvalue weighted by Gasteiger charge is 2.09. The molecule has 5 nitrogen and oxygen atoms in total. The van der Waals surface area contributed by atoms with Crippen molar-refractivity contribution >= 4 is 17.7 Å². The van der Waals surface area contributed by atoms with E-state index in [2.05, 4.69) is 50.3 Å². The monoisotopic (exact) mass is 376 g/mol. The molecule has 0 saturated heterocycles. The highest BCUT2D eigenvalue weighted by molar-refractivity contribution is 5.69. The largest absolute Gasteiger partial charge is 0.381 e. The molecule has 0 bridgehead atoms. The molecule has 0 aliphatic rings. The first-order valence-electron chi connectivity index (χ1n) is 9.80. The quantitative estimate of drug-likeness (QED) is 0.349. The van der Waals surface area contributed by atoms with Crippen LogP contribution in [-0.2, 0) is 4.74 Å². The van der Waals surface area contributed by atoms with Gasteiger partial charge in [0.15, 0.2) is 0 Å². The number of hydrogen-bond donors (Lipinski definition) is 0. The molecule has 0 aliphatic heterocycles. The summed E-state index contributed by atoms with van der Waals surface area (Å²) >= 11 is 0. The number of hydrogen-bond acceptors (Lipinski definition) is 4. The molecule has 0 radical (unpaired) electrons. The first-order valence-corrected chi connectivity index (χ1v) is 9.80. The normalized spacial score (nSPS) is 10.7. The third-order valence-corrected chi connectivity index (χ3v) is 3.92. The lowest BCUT2D eigenvalue weighted by Crippen LogP contribution is -2.14. The maximum atomic E-state index is 5.24. The van der Waals surface area contributed by atoms with Gasteiger partial charge in [-0.1, -0.05) is 27.4 Å². The Bertz CT molecular complexity index is 594. The van der Waals surface area contributed by atoms with Gasteiger partial charge in [0.2, 0.25) is 0 Å². The van der Waals surface area contributed by atoms with E-state index in [1.807, 2.05) is 51.1 Å². The molecule has 27 heavy (non-hydrogen) atoms. The van der Waals surface area contributed by atoms with Crippen LogP contribution < -0.4 is 0 Å². The Kier molecular flexibility index (Phi) is 12.4. The van der Waals surface area contributed by atoms with Crippen LogP contribution in [0.4, 0.5) is 5.69 Å². The third kappa shape index (κ3) is 10.1. The number of aromatic nitrogens is 1. The van der Waals surface area contributed by atoms with Crippen LogP contribution in [-0.4, -0.2) is 62.0 Å². The Hall–Kier alpha value is -1.88. The lowest BCUT2D eigenvalue weighted by Gasteiger charge is -2.18. The van der Waals surface area contributed by atoms with Crippen molar-refractivity contribution < 1.29 is 4.74 Å². The second kappa shape index (κ2) is 13.3. The van der Waals surface area contributed by atoms with Crippen LogP contribution in [0.2, 0.25) is 0 Å². The lowest BCUT2D eigenvalue weighted by molar-refractivity contribution is 0.110. The third-order valence-electron chi connectivity index (χ3n) is 3.92. The van der Waals surface area contributed by atoms with E-state index in [1.165, 1.54) is 0 Å². The predicted octanol–water partition coefficient (Wildman–Crippen LogP) is 4.91. The summed E-state index contributed by atoms with van der Waals surface area (Å²) in [5, 5.41) is 0. The molecule has 0 atom stereocenters. The van der Waals surface area contributed by atoms with E-state index in [4.69, 9.17) is 4.74 Å². The van der Waals surface area contributed by atoms with Crippen molar-refractivity contribution in [1.82, 2.24) is 14.8 Å². The second-order valence-corrected chi connectivity index (χ2v) is 7.35. The average molecular weight is 377 g/mol. The van der Waals surface area contributed by atoms with Crippen molar-refractivity contribution in [1.29, 1.82) is 0 Å². The minimum Gasteiger partial charge on any atom is -0.381 e. The first kappa shape index (κ1) is 25.1. The molecule has 0 aromatic carbocycles. The minimum absolute atomic E-state index is 0.682. The summed E-state index contributed by atoms with van der Waals surface area (Å²) in [4.78, 5) is 13.1. The fraction of sp³-hybridized carbons (Fsp3) is 0.636. The molecule has 5 heteroatoms. The molecule has 0 aliphatic carbocycles. The Labute approximate surface area is 167 Å². The minimum atomic E-state index is 0.682. The van der Waals surface area contributed by atoms with Gasteiger partial charge in [0.05, 0.1) is 17.7 Å². The summed E-state index contributed by atoms with van der Waals surface area (Å²) in [6.45, 7) is 19.4. The number of aliphatic imine (C=N–C) groups is 1. The van der Waals surface area contributed by atoms with Crippen molar-refractivity contribution in [2.75, 3.05) is 40.9 Å². The number of aryl methyl sites for hydroxylation is 2. The number of rotatable bonds is 9. The molecule has 0 saturated carbocycles. The predicted molar refractivity (Wildman–Crippen MR) is 119 cm³/mol. The molecule has 1 heterocycles. The van der Waals surface area contributed by atoms with Gasteiger partial charge in [0, 0.05) is 57.9 Å². The molecule has 0 N–H and O–H groups in total. The van der Waals surface area contributed by atoms with Crippen molar-refractivity contribution in [2.45, 2.75) is 48.0 Å². The topological polar surface area (TPSA) is 41.0 Å². The fourth-order valence-corrected chi connectivity index (χ4v) is 2.08. The zero-order valence-corrected chi connectivity index (χ0v) is 19.0. The summed E-state index contributed by atoms with van der Waals surface area (Å²) < 4.78 is 5.24. The van der Waals surface area contributed by atoms with E-state index < -0.39 is 0 Å². The van der Waals surface area contributed by atoms with Gasteiger partial charge in [0.25, 0.3) is 0 Å². The Balaban J connectivity index is 0.000000713. The molecule has 0 unspecified atom stereocenters. The summed E-state index contributed by atoms with van der Waals surface area (Å²) in [6, 6.07) is 2.06. The molecule has 0 amide bonds. The van der Waals surface area contributed by atoms with E-state index in [0.717, 1.165) is 54.5 Å². The molecule has 0 fully saturated rings. The maximum absolute atomic E-state index is 5.24.